The molecule has 0 spiro atoms. The Bertz CT molecular complexity index is 1130. The number of amides is 1. The molecule has 1 aliphatic heterocycles. The molecule has 1 amide bonds. The molecule has 1 saturated heterocycles. The number of carbonyl (C=O) groups is 1. The molecule has 3 N–H and O–H groups in total. The molecule has 0 bridgehead atoms. The number of nitrogens with one attached hydrogen (secondary N) is 2. The van der Waals surface area contributed by atoms with E-state index in [1.54, 1.807) is 12.1 Å². The maximum atomic E-state index is 13.2. The first-order chi connectivity index (χ1) is 14.3. The Morgan fingerprint density at radius 2 is 2.17 bits per heavy atom. The molecule has 2 unspecified atom stereocenters. The lowest BCUT2D eigenvalue weighted by molar-refractivity contribution is -0.0193. The molecule has 0 saturated carbocycles. The summed E-state index contributed by atoms with van der Waals surface area (Å²) in [7, 11) is 0. The number of hydrogen-bond donors (Lipinski definition) is 3. The number of hydrogen-bond acceptors (Lipinski definition) is 6. The Morgan fingerprint density at radius 1 is 1.40 bits per heavy atom. The number of aromatic nitrogens is 4. The van der Waals surface area contributed by atoms with Crippen molar-refractivity contribution in [3.05, 3.63) is 53.0 Å². The monoisotopic (exact) mass is 434 g/mol. The number of fused-ring (bicyclic) bond motifs is 1. The molecule has 3 aromatic rings. The Labute approximate surface area is 175 Å². The molecule has 11 heteroatoms. The minimum atomic E-state index is -1.14. The van der Waals surface area contributed by atoms with E-state index in [1.807, 2.05) is 0 Å². The number of aliphatic hydroxyl groups is 1. The second-order valence-electron chi connectivity index (χ2n) is 7.43. The van der Waals surface area contributed by atoms with Crippen molar-refractivity contribution >= 4 is 28.0 Å². The van der Waals surface area contributed by atoms with Gasteiger partial charge in [-0.05, 0) is 55.3 Å². The van der Waals surface area contributed by atoms with Crippen LogP contribution >= 0.6 is 11.6 Å². The lowest BCUT2D eigenvalue weighted by Crippen LogP contribution is -2.54. The van der Waals surface area contributed by atoms with Crippen LogP contribution < -0.4 is 16.2 Å². The predicted octanol–water partition coefficient (Wildman–Crippen LogP) is 1.15. The summed E-state index contributed by atoms with van der Waals surface area (Å²) in [5.74, 6) is -0.371. The number of halogens is 2. The second kappa shape index (κ2) is 8.13. The summed E-state index contributed by atoms with van der Waals surface area (Å²) in [6, 6.07) is 5.54. The van der Waals surface area contributed by atoms with Gasteiger partial charge >= 0.3 is 5.37 Å². The van der Waals surface area contributed by atoms with Crippen LogP contribution in [0.1, 0.15) is 12.8 Å². The van der Waals surface area contributed by atoms with E-state index >= 15 is 0 Å². The molecular weight excluding hydrogens is 415 g/mol. The number of piperidine rings is 1. The van der Waals surface area contributed by atoms with Crippen LogP contribution in [0.15, 0.2) is 41.6 Å². The van der Waals surface area contributed by atoms with E-state index < -0.39 is 11.0 Å². The molecular formula is C19H20ClFN6O3. The van der Waals surface area contributed by atoms with Gasteiger partial charge in [-0.25, -0.2) is 14.1 Å². The smallest absolute Gasteiger partial charge is 0.313 e. The van der Waals surface area contributed by atoms with E-state index in [2.05, 4.69) is 20.7 Å². The van der Waals surface area contributed by atoms with Crippen molar-refractivity contribution < 1.29 is 14.3 Å². The van der Waals surface area contributed by atoms with Crippen molar-refractivity contribution in [1.29, 1.82) is 0 Å². The van der Waals surface area contributed by atoms with Crippen LogP contribution in [-0.2, 0) is 6.54 Å². The average Bonchev–Trinajstić information content (AvgIpc) is 3.14. The van der Waals surface area contributed by atoms with Crippen molar-refractivity contribution in [3.63, 3.8) is 0 Å². The summed E-state index contributed by atoms with van der Waals surface area (Å²) in [6.45, 7) is 0.872. The molecule has 2 atom stereocenters. The Balaban J connectivity index is 1.58. The van der Waals surface area contributed by atoms with Crippen LogP contribution in [0.2, 0.25) is 0 Å². The van der Waals surface area contributed by atoms with Crippen molar-refractivity contribution in [3.8, 4) is 5.69 Å². The van der Waals surface area contributed by atoms with Gasteiger partial charge in [0.15, 0.2) is 5.65 Å². The van der Waals surface area contributed by atoms with Crippen LogP contribution in [0, 0.1) is 5.82 Å². The fourth-order valence-corrected chi connectivity index (χ4v) is 3.86. The molecule has 30 heavy (non-hydrogen) atoms. The fourth-order valence-electron chi connectivity index (χ4n) is 3.78. The third-order valence-electron chi connectivity index (χ3n) is 5.23. The van der Waals surface area contributed by atoms with E-state index in [-0.39, 0.29) is 30.5 Å². The van der Waals surface area contributed by atoms with Crippen LogP contribution in [0.5, 0.6) is 0 Å². The van der Waals surface area contributed by atoms with E-state index in [0.29, 0.717) is 36.1 Å². The van der Waals surface area contributed by atoms with Gasteiger partial charge in [-0.1, -0.05) is 0 Å². The zero-order chi connectivity index (χ0) is 21.3. The predicted molar refractivity (Wildman–Crippen MR) is 108 cm³/mol. The first-order valence-electron chi connectivity index (χ1n) is 9.43. The molecule has 0 aliphatic carbocycles. The van der Waals surface area contributed by atoms with Crippen molar-refractivity contribution in [2.45, 2.75) is 31.0 Å². The Kier molecular flexibility index (Phi) is 5.54. The number of rotatable bonds is 5. The van der Waals surface area contributed by atoms with E-state index in [9.17, 15) is 19.1 Å². The highest BCUT2D eigenvalue weighted by molar-refractivity contribution is 6.62. The molecule has 3 heterocycles. The van der Waals surface area contributed by atoms with Gasteiger partial charge in [0.2, 0.25) is 0 Å². The lowest BCUT2D eigenvalue weighted by Gasteiger charge is -2.37. The van der Waals surface area contributed by atoms with Crippen molar-refractivity contribution in [2.75, 3.05) is 13.1 Å². The fraction of sp³-hybridized carbons (Fsp3) is 0.368. The molecule has 158 valence electrons. The molecule has 2 aromatic heterocycles. The van der Waals surface area contributed by atoms with Gasteiger partial charge in [0.05, 0.1) is 24.0 Å². The molecule has 1 fully saturated rings. The second-order valence-corrected chi connectivity index (χ2v) is 7.78. The SMILES string of the molecule is O=C(Cl)NCC1CC(O)(Cn2cnc3c(cnn3-c3ccc(F)cc3)c2=O)CCN1. The highest BCUT2D eigenvalue weighted by atomic mass is 35.5. The summed E-state index contributed by atoms with van der Waals surface area (Å²) in [6.07, 6.45) is 3.57. The van der Waals surface area contributed by atoms with Gasteiger partial charge in [0.1, 0.15) is 17.5 Å². The molecule has 4 rings (SSSR count). The maximum absolute atomic E-state index is 13.2. The van der Waals surface area contributed by atoms with Gasteiger partial charge in [0, 0.05) is 12.6 Å². The van der Waals surface area contributed by atoms with Gasteiger partial charge in [-0.15, -0.1) is 0 Å². The molecule has 1 aliphatic rings. The normalized spacial score (nSPS) is 21.6. The van der Waals surface area contributed by atoms with Crippen molar-refractivity contribution in [1.82, 2.24) is 30.0 Å². The quantitative estimate of drug-likeness (QED) is 0.410. The third kappa shape index (κ3) is 4.20. The molecule has 1 aromatic carbocycles. The van der Waals surface area contributed by atoms with Crippen molar-refractivity contribution in [2.24, 2.45) is 0 Å². The van der Waals surface area contributed by atoms with Crippen LogP contribution in [0.4, 0.5) is 9.18 Å². The van der Waals surface area contributed by atoms with Gasteiger partial charge in [-0.2, -0.15) is 5.10 Å². The molecule has 0 radical (unpaired) electrons. The zero-order valence-corrected chi connectivity index (χ0v) is 16.6. The van der Waals surface area contributed by atoms with E-state index in [1.165, 1.54) is 33.9 Å². The summed E-state index contributed by atoms with van der Waals surface area (Å²) >= 11 is 5.31. The van der Waals surface area contributed by atoms with Gasteiger partial charge < -0.3 is 15.7 Å². The summed E-state index contributed by atoms with van der Waals surface area (Å²) in [4.78, 5) is 28.2. The standard InChI is InChI=1S/C19H20ClFN6O3/c20-18(29)23-8-13-7-19(30,5-6-22-13)10-26-11-24-16-15(17(26)28)9-25-27(16)14-3-1-12(21)2-4-14/h1-4,9,11,13,22,30H,5-8,10H2,(H,23,29). The molecule has 9 nitrogen and oxygen atoms in total. The van der Waals surface area contributed by atoms with Crippen LogP contribution in [0.25, 0.3) is 16.7 Å². The summed E-state index contributed by atoms with van der Waals surface area (Å²) in [5.41, 5.74) is -0.537. The van der Waals surface area contributed by atoms with Gasteiger partial charge in [0.25, 0.3) is 5.56 Å². The zero-order valence-electron chi connectivity index (χ0n) is 15.9. The van der Waals surface area contributed by atoms with Crippen LogP contribution in [-0.4, -0.2) is 54.5 Å². The minimum Gasteiger partial charge on any atom is -0.388 e. The summed E-state index contributed by atoms with van der Waals surface area (Å²) in [5, 5.41) is 20.6. The van der Waals surface area contributed by atoms with Crippen LogP contribution in [0.3, 0.4) is 0 Å². The first-order valence-corrected chi connectivity index (χ1v) is 9.81. The van der Waals surface area contributed by atoms with Gasteiger partial charge in [-0.3, -0.25) is 14.2 Å². The Hall–Kier alpha value is -2.82. The van der Waals surface area contributed by atoms with E-state index in [4.69, 9.17) is 11.6 Å². The summed E-state index contributed by atoms with van der Waals surface area (Å²) < 4.78 is 16.0. The van der Waals surface area contributed by atoms with E-state index in [0.717, 1.165) is 0 Å². The lowest BCUT2D eigenvalue weighted by atomic mass is 9.87. The topological polar surface area (TPSA) is 114 Å². The highest BCUT2D eigenvalue weighted by Gasteiger charge is 2.35. The minimum absolute atomic E-state index is 0.0590. The number of nitrogens with zero attached hydrogens (tertiary/aromatic N) is 4. The highest BCUT2D eigenvalue weighted by Crippen LogP contribution is 2.23. The first kappa shape index (κ1) is 20.5. The number of benzene rings is 1. The average molecular weight is 435 g/mol. The third-order valence-corrected chi connectivity index (χ3v) is 5.36. The maximum Gasteiger partial charge on any atom is 0.313 e. The largest absolute Gasteiger partial charge is 0.388 e. The number of carbonyl (C=O) groups excluding carboxylic acids is 1. The Morgan fingerprint density at radius 3 is 2.90 bits per heavy atom.